The lowest BCUT2D eigenvalue weighted by atomic mass is 9.92. The number of carbonyl (C=O) groups excluding carboxylic acids is 2. The molecule has 1 aliphatic rings. The number of nitro benzene ring substituents is 2. The Labute approximate surface area is 191 Å². The number of aryl methyl sites for hydroxylation is 1. The predicted octanol–water partition coefficient (Wildman–Crippen LogP) is 4.26. The highest BCUT2D eigenvalue weighted by Crippen LogP contribution is 2.38. The molecule has 0 fully saturated rings. The predicted molar refractivity (Wildman–Crippen MR) is 121 cm³/mol. The first-order chi connectivity index (χ1) is 16.2. The van der Waals surface area contributed by atoms with Gasteiger partial charge < -0.3 is 0 Å². The second kappa shape index (κ2) is 7.30. The van der Waals surface area contributed by atoms with Crippen molar-refractivity contribution in [3.8, 4) is 5.69 Å². The summed E-state index contributed by atoms with van der Waals surface area (Å²) in [4.78, 5) is 49.4. The summed E-state index contributed by atoms with van der Waals surface area (Å²) in [6.07, 6.45) is 0. The molecule has 1 aliphatic heterocycles. The van der Waals surface area contributed by atoms with Crippen molar-refractivity contribution in [2.24, 2.45) is 0 Å². The molecule has 0 saturated carbocycles. The summed E-state index contributed by atoms with van der Waals surface area (Å²) in [5, 5.41) is 27.3. The van der Waals surface area contributed by atoms with Crippen LogP contribution in [-0.2, 0) is 0 Å². The number of hydrogen-bond acceptors (Lipinski definition) is 7. The van der Waals surface area contributed by atoms with E-state index in [0.29, 0.717) is 17.1 Å². The van der Waals surface area contributed by atoms with Gasteiger partial charge in [-0.25, -0.2) is 9.58 Å². The van der Waals surface area contributed by atoms with Gasteiger partial charge in [-0.05, 0) is 44.2 Å². The van der Waals surface area contributed by atoms with Crippen LogP contribution in [0.3, 0.4) is 0 Å². The summed E-state index contributed by atoms with van der Waals surface area (Å²) < 4.78 is 1.50. The van der Waals surface area contributed by atoms with E-state index >= 15 is 0 Å². The fraction of sp³-hybridized carbons (Fsp3) is 0.0870. The average molecular weight is 457 g/mol. The topological polar surface area (TPSA) is 141 Å². The van der Waals surface area contributed by atoms with Crippen LogP contribution in [-0.4, -0.2) is 31.4 Å². The number of nitro groups is 2. The number of aromatic nitrogens is 2. The van der Waals surface area contributed by atoms with Gasteiger partial charge in [-0.2, -0.15) is 5.10 Å². The number of anilines is 1. The first-order valence-electron chi connectivity index (χ1n) is 10.1. The summed E-state index contributed by atoms with van der Waals surface area (Å²) in [6.45, 7) is 3.33. The van der Waals surface area contributed by atoms with Crippen molar-refractivity contribution in [1.29, 1.82) is 0 Å². The Morgan fingerprint density at radius 3 is 2.09 bits per heavy atom. The number of hydrogen-bond donors (Lipinski definition) is 0. The normalized spacial score (nSPS) is 12.9. The first-order valence-corrected chi connectivity index (χ1v) is 10.1. The molecule has 34 heavy (non-hydrogen) atoms. The van der Waals surface area contributed by atoms with Gasteiger partial charge in [-0.3, -0.25) is 29.8 Å². The Morgan fingerprint density at radius 2 is 1.47 bits per heavy atom. The zero-order valence-corrected chi connectivity index (χ0v) is 17.9. The number of rotatable bonds is 4. The molecule has 5 rings (SSSR count). The number of benzene rings is 3. The van der Waals surface area contributed by atoms with Crippen LogP contribution in [0.15, 0.2) is 54.6 Å². The second-order valence-electron chi connectivity index (χ2n) is 7.77. The lowest BCUT2D eigenvalue weighted by molar-refractivity contribution is -0.384. The molecular weight excluding hydrogens is 442 g/mol. The van der Waals surface area contributed by atoms with Crippen molar-refractivity contribution in [3.05, 3.63) is 97.3 Å². The number of nitrogens with zero attached hydrogens (tertiary/aromatic N) is 5. The molecule has 2 heterocycles. The number of carbonyl (C=O) groups is 2. The van der Waals surface area contributed by atoms with Crippen molar-refractivity contribution in [3.63, 3.8) is 0 Å². The van der Waals surface area contributed by atoms with Crippen LogP contribution in [0.1, 0.15) is 32.1 Å². The lowest BCUT2D eigenvalue weighted by Crippen LogP contribution is -2.41. The maximum absolute atomic E-state index is 13.5. The maximum atomic E-state index is 13.5. The zero-order chi connectivity index (χ0) is 24.3. The van der Waals surface area contributed by atoms with Gasteiger partial charge in [0, 0.05) is 34.7 Å². The number of non-ortho nitro benzene ring substituents is 2. The molecule has 0 aliphatic carbocycles. The zero-order valence-electron chi connectivity index (χ0n) is 17.9. The van der Waals surface area contributed by atoms with E-state index in [1.165, 1.54) is 53.2 Å². The third-order valence-electron chi connectivity index (χ3n) is 5.86. The van der Waals surface area contributed by atoms with Gasteiger partial charge in [0.25, 0.3) is 23.2 Å². The van der Waals surface area contributed by atoms with E-state index in [0.717, 1.165) is 4.90 Å². The van der Waals surface area contributed by atoms with E-state index in [1.807, 2.05) is 0 Å². The summed E-state index contributed by atoms with van der Waals surface area (Å²) in [6, 6.07) is 12.9. The van der Waals surface area contributed by atoms with Gasteiger partial charge in [0.1, 0.15) is 0 Å². The quantitative estimate of drug-likeness (QED) is 0.253. The van der Waals surface area contributed by atoms with E-state index in [1.54, 1.807) is 19.9 Å². The van der Waals surface area contributed by atoms with Gasteiger partial charge in [0.2, 0.25) is 0 Å². The van der Waals surface area contributed by atoms with Crippen LogP contribution in [0.2, 0.25) is 0 Å². The molecule has 0 radical (unpaired) electrons. The van der Waals surface area contributed by atoms with Gasteiger partial charge in [0.15, 0.2) is 0 Å². The fourth-order valence-electron chi connectivity index (χ4n) is 4.37. The van der Waals surface area contributed by atoms with Crippen molar-refractivity contribution in [1.82, 2.24) is 9.78 Å². The summed E-state index contributed by atoms with van der Waals surface area (Å²) in [7, 11) is 0. The standard InChI is InChI=1S/C23H15N5O6/c1-12-21(13(2)26(24-12)14-6-8-15(9-7-14)27(31)32)25-22(29)17-5-3-4-16-19(28(33)34)11-10-18(20(16)17)23(25)30/h3-11H,1-2H3. The van der Waals surface area contributed by atoms with Crippen LogP contribution < -0.4 is 4.90 Å². The molecule has 1 aromatic heterocycles. The molecule has 0 spiro atoms. The molecule has 2 amide bonds. The molecule has 3 aromatic carbocycles. The van der Waals surface area contributed by atoms with E-state index < -0.39 is 21.7 Å². The minimum Gasteiger partial charge on any atom is -0.268 e. The molecule has 0 unspecified atom stereocenters. The highest BCUT2D eigenvalue weighted by atomic mass is 16.6. The van der Waals surface area contributed by atoms with Crippen LogP contribution in [0.5, 0.6) is 0 Å². The maximum Gasteiger partial charge on any atom is 0.277 e. The Kier molecular flexibility index (Phi) is 4.50. The van der Waals surface area contributed by atoms with E-state index in [9.17, 15) is 29.8 Å². The first kappa shape index (κ1) is 20.9. The van der Waals surface area contributed by atoms with Crippen molar-refractivity contribution in [2.45, 2.75) is 13.8 Å². The monoisotopic (exact) mass is 457 g/mol. The molecule has 0 atom stereocenters. The Balaban J connectivity index is 1.66. The minimum absolute atomic E-state index is 0.0781. The van der Waals surface area contributed by atoms with Crippen molar-refractivity contribution >= 4 is 39.6 Å². The Morgan fingerprint density at radius 1 is 0.824 bits per heavy atom. The van der Waals surface area contributed by atoms with Crippen LogP contribution >= 0.6 is 0 Å². The van der Waals surface area contributed by atoms with Gasteiger partial charge in [-0.1, -0.05) is 6.07 Å². The smallest absolute Gasteiger partial charge is 0.268 e. The SMILES string of the molecule is Cc1nn(-c2ccc([N+](=O)[O-])cc2)c(C)c1N1C(=O)c2cccc3c([N+](=O)[O-])ccc(c23)C1=O. The van der Waals surface area contributed by atoms with Gasteiger partial charge in [0.05, 0.1) is 38.0 Å². The Hall–Kier alpha value is -4.93. The third kappa shape index (κ3) is 2.87. The average Bonchev–Trinajstić information content (AvgIpc) is 3.11. The fourth-order valence-corrected chi connectivity index (χ4v) is 4.37. The van der Waals surface area contributed by atoms with Gasteiger partial charge >= 0.3 is 0 Å². The van der Waals surface area contributed by atoms with Crippen LogP contribution in [0.4, 0.5) is 17.1 Å². The largest absolute Gasteiger partial charge is 0.277 e. The van der Waals surface area contributed by atoms with Gasteiger partial charge in [-0.15, -0.1) is 0 Å². The summed E-state index contributed by atoms with van der Waals surface area (Å²) in [5.41, 5.74) is 1.77. The van der Waals surface area contributed by atoms with E-state index in [2.05, 4.69) is 5.10 Å². The molecule has 11 nitrogen and oxygen atoms in total. The highest BCUT2D eigenvalue weighted by molar-refractivity contribution is 6.36. The summed E-state index contributed by atoms with van der Waals surface area (Å²) in [5.74, 6) is -1.23. The molecule has 4 aromatic rings. The third-order valence-corrected chi connectivity index (χ3v) is 5.86. The molecule has 11 heteroatoms. The van der Waals surface area contributed by atoms with E-state index in [-0.39, 0.29) is 39.0 Å². The van der Waals surface area contributed by atoms with E-state index in [4.69, 9.17) is 0 Å². The lowest BCUT2D eigenvalue weighted by Gasteiger charge is -2.27. The highest BCUT2D eigenvalue weighted by Gasteiger charge is 2.38. The molecule has 0 bridgehead atoms. The van der Waals surface area contributed by atoms with Crippen LogP contribution in [0.25, 0.3) is 16.5 Å². The molecule has 0 saturated heterocycles. The van der Waals surface area contributed by atoms with Crippen LogP contribution in [0, 0.1) is 34.1 Å². The second-order valence-corrected chi connectivity index (χ2v) is 7.77. The van der Waals surface area contributed by atoms with Crippen molar-refractivity contribution in [2.75, 3.05) is 4.90 Å². The minimum atomic E-state index is -0.613. The van der Waals surface area contributed by atoms with Crippen molar-refractivity contribution < 1.29 is 19.4 Å². The number of imide groups is 1. The number of amides is 2. The molecule has 0 N–H and O–H groups in total. The molecular formula is C23H15N5O6. The molecule has 168 valence electrons. The summed E-state index contributed by atoms with van der Waals surface area (Å²) >= 11 is 0. The Bertz CT molecular complexity index is 1550.